The highest BCUT2D eigenvalue weighted by molar-refractivity contribution is 5.97. The number of amides is 1. The predicted octanol–water partition coefficient (Wildman–Crippen LogP) is 4.54. The van der Waals surface area contributed by atoms with Gasteiger partial charge in [-0.05, 0) is 48.9 Å². The third kappa shape index (κ3) is 2.88. The van der Waals surface area contributed by atoms with Gasteiger partial charge in [0.25, 0.3) is 5.91 Å². The molecule has 4 nitrogen and oxygen atoms in total. The Morgan fingerprint density at radius 3 is 2.76 bits per heavy atom. The normalized spacial score (nSPS) is 17.6. The van der Waals surface area contributed by atoms with Gasteiger partial charge in [-0.2, -0.15) is 0 Å². The lowest BCUT2D eigenvalue weighted by Crippen LogP contribution is -2.38. The van der Waals surface area contributed by atoms with Crippen molar-refractivity contribution >= 4 is 16.8 Å². The van der Waals surface area contributed by atoms with E-state index < -0.39 is 0 Å². The van der Waals surface area contributed by atoms with Crippen LogP contribution in [0, 0.1) is 0 Å². The maximum absolute atomic E-state index is 13.2. The van der Waals surface area contributed by atoms with E-state index in [0.717, 1.165) is 37.0 Å². The van der Waals surface area contributed by atoms with Gasteiger partial charge in [-0.25, -0.2) is 0 Å². The number of methoxy groups -OCH3 is 1. The zero-order valence-electron chi connectivity index (χ0n) is 14.4. The number of ether oxygens (including phenoxy) is 1. The molecule has 3 aromatic rings. The van der Waals surface area contributed by atoms with Gasteiger partial charge in [0, 0.05) is 17.8 Å². The summed E-state index contributed by atoms with van der Waals surface area (Å²) >= 11 is 0. The molecule has 1 N–H and O–H groups in total. The van der Waals surface area contributed by atoms with Gasteiger partial charge in [-0.15, -0.1) is 0 Å². The van der Waals surface area contributed by atoms with Gasteiger partial charge in [-0.3, -0.25) is 4.79 Å². The van der Waals surface area contributed by atoms with Gasteiger partial charge < -0.3 is 14.6 Å². The molecule has 1 aliphatic rings. The summed E-state index contributed by atoms with van der Waals surface area (Å²) in [4.78, 5) is 18.7. The number of nitrogens with zero attached hydrogens (tertiary/aromatic N) is 1. The Morgan fingerprint density at radius 1 is 1.12 bits per heavy atom. The van der Waals surface area contributed by atoms with Crippen molar-refractivity contribution in [3.8, 4) is 5.75 Å². The minimum Gasteiger partial charge on any atom is -0.496 e. The quantitative estimate of drug-likeness (QED) is 0.764. The summed E-state index contributed by atoms with van der Waals surface area (Å²) in [6.07, 6.45) is 3.15. The Labute approximate surface area is 147 Å². The van der Waals surface area contributed by atoms with E-state index in [9.17, 15) is 4.79 Å². The molecule has 0 bridgehead atoms. The third-order valence-electron chi connectivity index (χ3n) is 5.01. The largest absolute Gasteiger partial charge is 0.496 e. The fourth-order valence-corrected chi connectivity index (χ4v) is 3.75. The fourth-order valence-electron chi connectivity index (χ4n) is 3.75. The van der Waals surface area contributed by atoms with E-state index in [-0.39, 0.29) is 11.9 Å². The van der Waals surface area contributed by atoms with Gasteiger partial charge in [-0.1, -0.05) is 30.3 Å². The van der Waals surface area contributed by atoms with Gasteiger partial charge >= 0.3 is 0 Å². The lowest BCUT2D eigenvalue weighted by molar-refractivity contribution is 0.0603. The molecule has 0 saturated carbocycles. The van der Waals surface area contributed by atoms with E-state index in [0.29, 0.717) is 11.3 Å². The molecule has 1 aliphatic heterocycles. The van der Waals surface area contributed by atoms with E-state index in [2.05, 4.69) is 23.2 Å². The van der Waals surface area contributed by atoms with E-state index in [1.165, 1.54) is 5.39 Å². The van der Waals surface area contributed by atoms with Crippen LogP contribution in [0.3, 0.4) is 0 Å². The lowest BCUT2D eigenvalue weighted by atomic mass is 9.98. The molecular formula is C21H22N2O2. The zero-order chi connectivity index (χ0) is 17.2. The van der Waals surface area contributed by atoms with E-state index in [4.69, 9.17) is 4.74 Å². The topological polar surface area (TPSA) is 45.3 Å². The van der Waals surface area contributed by atoms with Gasteiger partial charge in [0.1, 0.15) is 5.75 Å². The van der Waals surface area contributed by atoms with Crippen LogP contribution in [0.4, 0.5) is 0 Å². The van der Waals surface area contributed by atoms with Crippen LogP contribution in [-0.4, -0.2) is 29.4 Å². The van der Waals surface area contributed by atoms with E-state index in [1.54, 1.807) is 7.11 Å². The molecule has 1 atom stereocenters. The van der Waals surface area contributed by atoms with Gasteiger partial charge in [0.2, 0.25) is 0 Å². The Kier molecular flexibility index (Phi) is 4.18. The Morgan fingerprint density at radius 2 is 1.92 bits per heavy atom. The molecular weight excluding hydrogens is 312 g/mol. The maximum atomic E-state index is 13.2. The van der Waals surface area contributed by atoms with Crippen LogP contribution in [0.15, 0.2) is 54.6 Å². The Bertz CT molecular complexity index is 867. The van der Waals surface area contributed by atoms with E-state index in [1.807, 2.05) is 41.3 Å². The van der Waals surface area contributed by atoms with Crippen molar-refractivity contribution < 1.29 is 9.53 Å². The number of aromatic amines is 1. The van der Waals surface area contributed by atoms with Crippen LogP contribution in [0.5, 0.6) is 5.75 Å². The second-order valence-corrected chi connectivity index (χ2v) is 6.52. The number of para-hydroxylation sites is 2. The molecule has 4 rings (SSSR count). The summed E-state index contributed by atoms with van der Waals surface area (Å²) in [5.74, 6) is 0.675. The standard InChI is InChI=1S/C21H22N2O2/c1-25-20-12-5-3-9-16(20)21(24)23-13-7-6-11-19(23)18-14-15-8-2-4-10-17(15)22-18/h2-5,8-10,12,14,19,22H,6-7,11,13H2,1H3. The first-order chi connectivity index (χ1) is 12.3. The Balaban J connectivity index is 1.70. The average Bonchev–Trinajstić information content (AvgIpc) is 3.11. The summed E-state index contributed by atoms with van der Waals surface area (Å²) in [6.45, 7) is 0.775. The number of hydrogen-bond acceptors (Lipinski definition) is 2. The minimum absolute atomic E-state index is 0.0424. The third-order valence-corrected chi connectivity index (χ3v) is 5.01. The molecule has 1 unspecified atom stereocenters. The second kappa shape index (κ2) is 6.63. The molecule has 1 amide bonds. The highest BCUT2D eigenvalue weighted by Crippen LogP contribution is 2.34. The summed E-state index contributed by atoms with van der Waals surface area (Å²) in [7, 11) is 1.61. The summed E-state index contributed by atoms with van der Waals surface area (Å²) < 4.78 is 5.39. The number of nitrogens with one attached hydrogen (secondary N) is 1. The lowest BCUT2D eigenvalue weighted by Gasteiger charge is -2.35. The highest BCUT2D eigenvalue weighted by Gasteiger charge is 2.30. The fraction of sp³-hybridized carbons (Fsp3) is 0.286. The smallest absolute Gasteiger partial charge is 0.258 e. The molecule has 25 heavy (non-hydrogen) atoms. The number of fused-ring (bicyclic) bond motifs is 1. The van der Waals surface area contributed by atoms with Crippen LogP contribution in [-0.2, 0) is 0 Å². The zero-order valence-corrected chi connectivity index (χ0v) is 14.4. The molecule has 1 saturated heterocycles. The molecule has 128 valence electrons. The number of aromatic nitrogens is 1. The number of benzene rings is 2. The van der Waals surface area contributed by atoms with Crippen molar-refractivity contribution in [2.45, 2.75) is 25.3 Å². The maximum Gasteiger partial charge on any atom is 0.258 e. The number of hydrogen-bond donors (Lipinski definition) is 1. The number of H-pyrrole nitrogens is 1. The minimum atomic E-state index is 0.0424. The molecule has 0 radical (unpaired) electrons. The van der Waals surface area contributed by atoms with Crippen molar-refractivity contribution in [3.05, 3.63) is 65.9 Å². The second-order valence-electron chi connectivity index (χ2n) is 6.52. The SMILES string of the molecule is COc1ccccc1C(=O)N1CCCCC1c1cc2ccccc2[nH]1. The van der Waals surface area contributed by atoms with Crippen molar-refractivity contribution in [2.24, 2.45) is 0 Å². The van der Waals surface area contributed by atoms with Crippen molar-refractivity contribution in [1.29, 1.82) is 0 Å². The number of carbonyl (C=O) groups excluding carboxylic acids is 1. The molecule has 1 aromatic heterocycles. The predicted molar refractivity (Wildman–Crippen MR) is 98.9 cm³/mol. The van der Waals surface area contributed by atoms with E-state index >= 15 is 0 Å². The first-order valence-corrected chi connectivity index (χ1v) is 8.79. The van der Waals surface area contributed by atoms with Gasteiger partial charge in [0.05, 0.1) is 18.7 Å². The summed E-state index contributed by atoms with van der Waals surface area (Å²) in [6, 6.07) is 18.0. The van der Waals surface area contributed by atoms with Crippen LogP contribution < -0.4 is 4.74 Å². The van der Waals surface area contributed by atoms with Crippen LogP contribution in [0.25, 0.3) is 10.9 Å². The molecule has 1 fully saturated rings. The van der Waals surface area contributed by atoms with Crippen molar-refractivity contribution in [3.63, 3.8) is 0 Å². The highest BCUT2D eigenvalue weighted by atomic mass is 16.5. The molecule has 2 aromatic carbocycles. The van der Waals surface area contributed by atoms with Crippen LogP contribution in [0.1, 0.15) is 41.4 Å². The first kappa shape index (κ1) is 15.8. The Hall–Kier alpha value is -2.75. The van der Waals surface area contributed by atoms with Crippen molar-refractivity contribution in [2.75, 3.05) is 13.7 Å². The summed E-state index contributed by atoms with van der Waals surface area (Å²) in [5.41, 5.74) is 2.87. The summed E-state index contributed by atoms with van der Waals surface area (Å²) in [5, 5.41) is 1.19. The number of rotatable bonds is 3. The number of carbonyl (C=O) groups is 1. The van der Waals surface area contributed by atoms with Gasteiger partial charge in [0.15, 0.2) is 0 Å². The molecule has 0 spiro atoms. The number of piperidine rings is 1. The monoisotopic (exact) mass is 334 g/mol. The van der Waals surface area contributed by atoms with Crippen LogP contribution >= 0.6 is 0 Å². The molecule has 2 heterocycles. The number of likely N-dealkylation sites (tertiary alicyclic amines) is 1. The molecule has 0 aliphatic carbocycles. The van der Waals surface area contributed by atoms with Crippen LogP contribution in [0.2, 0.25) is 0 Å². The average molecular weight is 334 g/mol. The molecule has 4 heteroatoms. The first-order valence-electron chi connectivity index (χ1n) is 8.79. The van der Waals surface area contributed by atoms with Crippen molar-refractivity contribution in [1.82, 2.24) is 9.88 Å².